The number of aromatic nitrogens is 2. The highest BCUT2D eigenvalue weighted by molar-refractivity contribution is 5.85. The van der Waals surface area contributed by atoms with Crippen LogP contribution in [0, 0.1) is 6.92 Å². The number of rotatable bonds is 1. The smallest absolute Gasteiger partial charge is 0.125 e. The second-order valence-corrected chi connectivity index (χ2v) is 3.55. The van der Waals surface area contributed by atoms with Gasteiger partial charge in [0, 0.05) is 17.8 Å². The van der Waals surface area contributed by atoms with Gasteiger partial charge in [-0.15, -0.1) is 12.4 Å². The molecule has 0 atom stereocenters. The molecule has 2 rings (SSSR count). The van der Waals surface area contributed by atoms with Gasteiger partial charge in [0.15, 0.2) is 0 Å². The third-order valence-corrected chi connectivity index (χ3v) is 2.55. The van der Waals surface area contributed by atoms with Gasteiger partial charge in [0.05, 0.1) is 0 Å². The second-order valence-electron chi connectivity index (χ2n) is 3.55. The molecule has 1 aromatic rings. The predicted octanol–water partition coefficient (Wildman–Crippen LogP) is 1.67. The quantitative estimate of drug-likeness (QED) is 0.772. The van der Waals surface area contributed by atoms with Crippen molar-refractivity contribution in [2.75, 3.05) is 13.1 Å². The maximum absolute atomic E-state index is 4.46. The fraction of sp³-hybridized carbons (Fsp3) is 0.600. The van der Waals surface area contributed by atoms with Crippen LogP contribution in [0.3, 0.4) is 0 Å². The van der Waals surface area contributed by atoms with Crippen molar-refractivity contribution < 1.29 is 0 Å². The van der Waals surface area contributed by atoms with Crippen molar-refractivity contribution >= 4 is 12.4 Å². The number of nitrogens with zero attached hydrogens (tertiary/aromatic N) is 2. The summed E-state index contributed by atoms with van der Waals surface area (Å²) in [6.45, 7) is 4.19. The van der Waals surface area contributed by atoms with Gasteiger partial charge in [-0.2, -0.15) is 0 Å². The highest BCUT2D eigenvalue weighted by Gasteiger charge is 2.15. The molecule has 0 radical (unpaired) electrons. The summed E-state index contributed by atoms with van der Waals surface area (Å²) in [7, 11) is 0. The molecule has 1 N–H and O–H groups in total. The number of nitrogens with one attached hydrogen (secondary N) is 1. The monoisotopic (exact) mass is 213 g/mol. The van der Waals surface area contributed by atoms with Gasteiger partial charge < -0.3 is 5.32 Å². The molecule has 1 fully saturated rings. The van der Waals surface area contributed by atoms with Crippen molar-refractivity contribution in [3.8, 4) is 0 Å². The molecule has 0 amide bonds. The summed E-state index contributed by atoms with van der Waals surface area (Å²) in [5.41, 5.74) is 1.22. The number of piperidine rings is 1. The van der Waals surface area contributed by atoms with E-state index in [-0.39, 0.29) is 12.4 Å². The lowest BCUT2D eigenvalue weighted by Crippen LogP contribution is -2.27. The Kier molecular flexibility index (Phi) is 4.29. The third kappa shape index (κ3) is 2.66. The van der Waals surface area contributed by atoms with Crippen LogP contribution in [0.15, 0.2) is 12.3 Å². The predicted molar refractivity (Wildman–Crippen MR) is 58.9 cm³/mol. The Labute approximate surface area is 90.8 Å². The van der Waals surface area contributed by atoms with E-state index in [9.17, 15) is 0 Å². The SMILES string of the molecule is Cc1nccc(C2CCNCC2)n1.Cl. The van der Waals surface area contributed by atoms with E-state index in [1.807, 2.05) is 19.2 Å². The van der Waals surface area contributed by atoms with Crippen molar-refractivity contribution in [1.29, 1.82) is 0 Å². The van der Waals surface area contributed by atoms with Crippen LogP contribution in [0.5, 0.6) is 0 Å². The molecule has 1 aliphatic heterocycles. The lowest BCUT2D eigenvalue weighted by molar-refractivity contribution is 0.452. The molecule has 0 aliphatic carbocycles. The molecule has 14 heavy (non-hydrogen) atoms. The number of hydrogen-bond donors (Lipinski definition) is 1. The molecule has 1 aliphatic rings. The second kappa shape index (κ2) is 5.27. The maximum atomic E-state index is 4.46. The molecule has 0 bridgehead atoms. The Bertz CT molecular complexity index is 284. The molecule has 78 valence electrons. The van der Waals surface area contributed by atoms with Gasteiger partial charge in [0.25, 0.3) is 0 Å². The van der Waals surface area contributed by atoms with Crippen LogP contribution in [0.1, 0.15) is 30.3 Å². The molecule has 0 aromatic carbocycles. The van der Waals surface area contributed by atoms with Crippen molar-refractivity contribution in [3.63, 3.8) is 0 Å². The number of aryl methyl sites for hydroxylation is 1. The Morgan fingerprint density at radius 1 is 1.36 bits per heavy atom. The summed E-state index contributed by atoms with van der Waals surface area (Å²) in [6, 6.07) is 2.04. The summed E-state index contributed by atoms with van der Waals surface area (Å²) >= 11 is 0. The first-order chi connectivity index (χ1) is 6.36. The first-order valence-corrected chi connectivity index (χ1v) is 4.86. The third-order valence-electron chi connectivity index (χ3n) is 2.55. The first-order valence-electron chi connectivity index (χ1n) is 4.86. The molecular weight excluding hydrogens is 198 g/mol. The van der Waals surface area contributed by atoms with Gasteiger partial charge in [0.1, 0.15) is 5.82 Å². The molecule has 1 saturated heterocycles. The molecule has 0 unspecified atom stereocenters. The zero-order chi connectivity index (χ0) is 9.10. The van der Waals surface area contributed by atoms with Gasteiger partial charge >= 0.3 is 0 Å². The van der Waals surface area contributed by atoms with Crippen LogP contribution < -0.4 is 5.32 Å². The van der Waals surface area contributed by atoms with E-state index in [1.165, 1.54) is 18.5 Å². The summed E-state index contributed by atoms with van der Waals surface area (Å²) in [6.07, 6.45) is 4.27. The lowest BCUT2D eigenvalue weighted by atomic mass is 9.94. The largest absolute Gasteiger partial charge is 0.317 e. The Hall–Kier alpha value is -0.670. The Balaban J connectivity index is 0.000000980. The first kappa shape index (κ1) is 11.4. The zero-order valence-electron chi connectivity index (χ0n) is 8.36. The van der Waals surface area contributed by atoms with Crippen LogP contribution in [0.25, 0.3) is 0 Å². The van der Waals surface area contributed by atoms with E-state index in [2.05, 4.69) is 15.3 Å². The summed E-state index contributed by atoms with van der Waals surface area (Å²) in [4.78, 5) is 8.57. The van der Waals surface area contributed by atoms with Gasteiger partial charge in [-0.05, 0) is 38.9 Å². The fourth-order valence-electron chi connectivity index (χ4n) is 1.82. The Morgan fingerprint density at radius 3 is 2.71 bits per heavy atom. The Morgan fingerprint density at radius 2 is 2.07 bits per heavy atom. The molecule has 4 heteroatoms. The van der Waals surface area contributed by atoms with Crippen LogP contribution in [0.2, 0.25) is 0 Å². The maximum Gasteiger partial charge on any atom is 0.125 e. The lowest BCUT2D eigenvalue weighted by Gasteiger charge is -2.21. The minimum absolute atomic E-state index is 0. The van der Waals surface area contributed by atoms with Crippen LogP contribution >= 0.6 is 12.4 Å². The number of hydrogen-bond acceptors (Lipinski definition) is 3. The molecule has 0 saturated carbocycles. The van der Waals surface area contributed by atoms with Crippen LogP contribution in [-0.4, -0.2) is 23.1 Å². The van der Waals surface area contributed by atoms with Crippen LogP contribution in [0.4, 0.5) is 0 Å². The average Bonchev–Trinajstić information content (AvgIpc) is 2.19. The van der Waals surface area contributed by atoms with E-state index in [0.717, 1.165) is 18.9 Å². The highest BCUT2D eigenvalue weighted by Crippen LogP contribution is 2.22. The van der Waals surface area contributed by atoms with Gasteiger partial charge in [-0.25, -0.2) is 9.97 Å². The van der Waals surface area contributed by atoms with Crippen LogP contribution in [-0.2, 0) is 0 Å². The standard InChI is InChI=1S/C10H15N3.ClH/c1-8-12-7-4-10(13-8)9-2-5-11-6-3-9;/h4,7,9,11H,2-3,5-6H2,1H3;1H. The fourth-order valence-corrected chi connectivity index (χ4v) is 1.82. The average molecular weight is 214 g/mol. The number of halogens is 1. The van der Waals surface area contributed by atoms with E-state index < -0.39 is 0 Å². The van der Waals surface area contributed by atoms with Gasteiger partial charge in [-0.1, -0.05) is 0 Å². The van der Waals surface area contributed by atoms with Crippen molar-refractivity contribution in [3.05, 3.63) is 23.8 Å². The highest BCUT2D eigenvalue weighted by atomic mass is 35.5. The topological polar surface area (TPSA) is 37.8 Å². The summed E-state index contributed by atoms with van der Waals surface area (Å²) in [5.74, 6) is 1.53. The molecule has 0 spiro atoms. The zero-order valence-corrected chi connectivity index (χ0v) is 9.18. The minimum Gasteiger partial charge on any atom is -0.317 e. The molecule has 2 heterocycles. The summed E-state index contributed by atoms with van der Waals surface area (Å²) in [5, 5.41) is 3.36. The van der Waals surface area contributed by atoms with Gasteiger partial charge in [0.2, 0.25) is 0 Å². The molecular formula is C10H16ClN3. The normalized spacial score (nSPS) is 17.5. The van der Waals surface area contributed by atoms with Crippen molar-refractivity contribution in [1.82, 2.24) is 15.3 Å². The summed E-state index contributed by atoms with van der Waals surface area (Å²) < 4.78 is 0. The van der Waals surface area contributed by atoms with Crippen molar-refractivity contribution in [2.45, 2.75) is 25.7 Å². The van der Waals surface area contributed by atoms with Gasteiger partial charge in [-0.3, -0.25) is 0 Å². The van der Waals surface area contributed by atoms with Crippen molar-refractivity contribution in [2.24, 2.45) is 0 Å². The molecule has 1 aromatic heterocycles. The molecule has 3 nitrogen and oxygen atoms in total. The van der Waals surface area contributed by atoms with E-state index in [4.69, 9.17) is 0 Å². The van der Waals surface area contributed by atoms with E-state index in [1.54, 1.807) is 0 Å². The minimum atomic E-state index is 0. The van der Waals surface area contributed by atoms with E-state index >= 15 is 0 Å². The van der Waals surface area contributed by atoms with E-state index in [0.29, 0.717) is 5.92 Å².